The van der Waals surface area contributed by atoms with Crippen molar-refractivity contribution in [3.05, 3.63) is 65.6 Å². The summed E-state index contributed by atoms with van der Waals surface area (Å²) in [4.78, 5) is 2.01. The zero-order valence-electron chi connectivity index (χ0n) is 10.2. The first kappa shape index (κ1) is 11.6. The summed E-state index contributed by atoms with van der Waals surface area (Å²) in [5.41, 5.74) is 3.32. The number of benzene rings is 1. The SMILES string of the molecule is C=C1C=CC=C(c2ccc(C)cc2F)N1CC. The molecule has 1 aromatic rings. The molecule has 1 heterocycles. The number of nitrogens with zero attached hydrogens (tertiary/aromatic N) is 1. The van der Waals surface area contributed by atoms with Gasteiger partial charge in [-0.25, -0.2) is 4.39 Å². The van der Waals surface area contributed by atoms with E-state index in [4.69, 9.17) is 0 Å². The molecule has 1 aliphatic heterocycles. The second-order valence-corrected chi connectivity index (χ2v) is 4.13. The number of hydrogen-bond donors (Lipinski definition) is 0. The number of aryl methyl sites for hydroxylation is 1. The maximum Gasteiger partial charge on any atom is 0.132 e. The van der Waals surface area contributed by atoms with Gasteiger partial charge in [-0.3, -0.25) is 0 Å². The lowest BCUT2D eigenvalue weighted by molar-refractivity contribution is 0.522. The lowest BCUT2D eigenvalue weighted by Crippen LogP contribution is -2.21. The Balaban J connectivity index is 2.48. The molecule has 0 bridgehead atoms. The Hall–Kier alpha value is -1.83. The van der Waals surface area contributed by atoms with E-state index in [2.05, 4.69) is 6.58 Å². The van der Waals surface area contributed by atoms with Crippen LogP contribution in [0.1, 0.15) is 18.1 Å². The molecule has 2 rings (SSSR count). The minimum Gasteiger partial charge on any atom is -0.342 e. The molecule has 17 heavy (non-hydrogen) atoms. The van der Waals surface area contributed by atoms with E-state index in [1.54, 1.807) is 6.07 Å². The Kier molecular flexibility index (Phi) is 3.14. The topological polar surface area (TPSA) is 3.24 Å². The molecule has 0 atom stereocenters. The van der Waals surface area contributed by atoms with Gasteiger partial charge in [0.2, 0.25) is 0 Å². The Morgan fingerprint density at radius 3 is 2.76 bits per heavy atom. The molecule has 0 radical (unpaired) electrons. The first-order valence-electron chi connectivity index (χ1n) is 5.75. The molecule has 0 N–H and O–H groups in total. The van der Waals surface area contributed by atoms with Gasteiger partial charge in [0, 0.05) is 17.8 Å². The van der Waals surface area contributed by atoms with Crippen LogP contribution in [0, 0.1) is 12.7 Å². The van der Waals surface area contributed by atoms with Crippen LogP contribution in [0.4, 0.5) is 4.39 Å². The van der Waals surface area contributed by atoms with Crippen molar-refractivity contribution in [2.45, 2.75) is 13.8 Å². The van der Waals surface area contributed by atoms with Crippen LogP contribution in [0.5, 0.6) is 0 Å². The Bertz CT molecular complexity index is 512. The van der Waals surface area contributed by atoms with Crippen molar-refractivity contribution in [2.24, 2.45) is 0 Å². The van der Waals surface area contributed by atoms with Crippen LogP contribution in [0.3, 0.4) is 0 Å². The second kappa shape index (κ2) is 4.58. The van der Waals surface area contributed by atoms with Crippen molar-refractivity contribution in [3.8, 4) is 0 Å². The molecule has 1 nitrogen and oxygen atoms in total. The van der Waals surface area contributed by atoms with Crippen molar-refractivity contribution in [1.29, 1.82) is 0 Å². The highest BCUT2D eigenvalue weighted by atomic mass is 19.1. The highest BCUT2D eigenvalue weighted by Crippen LogP contribution is 2.28. The lowest BCUT2D eigenvalue weighted by Gasteiger charge is -2.29. The average Bonchev–Trinajstić information content (AvgIpc) is 2.29. The molecule has 0 fully saturated rings. The van der Waals surface area contributed by atoms with E-state index in [-0.39, 0.29) is 5.82 Å². The van der Waals surface area contributed by atoms with Gasteiger partial charge in [0.05, 0.1) is 5.70 Å². The van der Waals surface area contributed by atoms with Gasteiger partial charge >= 0.3 is 0 Å². The normalized spacial score (nSPS) is 15.1. The Labute approximate surface area is 102 Å². The monoisotopic (exact) mass is 229 g/mol. The maximum absolute atomic E-state index is 14.0. The highest BCUT2D eigenvalue weighted by Gasteiger charge is 2.17. The summed E-state index contributed by atoms with van der Waals surface area (Å²) >= 11 is 0. The van der Waals surface area contributed by atoms with Crippen LogP contribution in [0.2, 0.25) is 0 Å². The van der Waals surface area contributed by atoms with Crippen molar-refractivity contribution < 1.29 is 4.39 Å². The molecule has 1 aliphatic rings. The zero-order valence-corrected chi connectivity index (χ0v) is 10.2. The van der Waals surface area contributed by atoms with E-state index >= 15 is 0 Å². The second-order valence-electron chi connectivity index (χ2n) is 4.13. The summed E-state index contributed by atoms with van der Waals surface area (Å²) in [5.74, 6) is -0.183. The van der Waals surface area contributed by atoms with Crippen LogP contribution in [-0.2, 0) is 0 Å². The van der Waals surface area contributed by atoms with Crippen molar-refractivity contribution in [1.82, 2.24) is 4.90 Å². The van der Waals surface area contributed by atoms with Gasteiger partial charge in [-0.05, 0) is 43.7 Å². The van der Waals surface area contributed by atoms with Gasteiger partial charge in [0.1, 0.15) is 5.82 Å². The fourth-order valence-electron chi connectivity index (χ4n) is 2.02. The quantitative estimate of drug-likeness (QED) is 0.744. The van der Waals surface area contributed by atoms with E-state index in [0.717, 1.165) is 23.5 Å². The van der Waals surface area contributed by atoms with E-state index in [1.165, 1.54) is 0 Å². The minimum absolute atomic E-state index is 0.183. The number of rotatable bonds is 2. The van der Waals surface area contributed by atoms with Crippen molar-refractivity contribution >= 4 is 5.70 Å². The standard InChI is InChI=1S/C15H16FN/c1-4-17-12(3)6-5-7-15(17)13-9-8-11(2)10-14(13)16/h5-10H,3-4H2,1-2H3. The van der Waals surface area contributed by atoms with Gasteiger partial charge in [-0.15, -0.1) is 0 Å². The van der Waals surface area contributed by atoms with E-state index in [0.29, 0.717) is 5.56 Å². The smallest absolute Gasteiger partial charge is 0.132 e. The third-order valence-electron chi connectivity index (χ3n) is 2.90. The third-order valence-corrected chi connectivity index (χ3v) is 2.90. The van der Waals surface area contributed by atoms with E-state index in [9.17, 15) is 4.39 Å². The van der Waals surface area contributed by atoms with Gasteiger partial charge in [0.15, 0.2) is 0 Å². The molecule has 0 saturated carbocycles. The van der Waals surface area contributed by atoms with Crippen LogP contribution < -0.4 is 0 Å². The van der Waals surface area contributed by atoms with Crippen LogP contribution >= 0.6 is 0 Å². The first-order valence-corrected chi connectivity index (χ1v) is 5.75. The van der Waals surface area contributed by atoms with Crippen molar-refractivity contribution in [2.75, 3.05) is 6.54 Å². The molecule has 0 aliphatic carbocycles. The average molecular weight is 229 g/mol. The fraction of sp³-hybridized carbons (Fsp3) is 0.200. The number of likely N-dealkylation sites (N-methyl/N-ethyl adjacent to an activating group) is 1. The molecule has 2 heteroatoms. The number of hydrogen-bond acceptors (Lipinski definition) is 1. The minimum atomic E-state index is -0.183. The third kappa shape index (κ3) is 2.16. The molecular formula is C15H16FN. The molecule has 0 aromatic heterocycles. The Morgan fingerprint density at radius 2 is 2.12 bits per heavy atom. The molecule has 0 spiro atoms. The summed E-state index contributed by atoms with van der Waals surface area (Å²) in [6, 6.07) is 5.31. The zero-order chi connectivity index (χ0) is 12.4. The molecule has 0 amide bonds. The van der Waals surface area contributed by atoms with Gasteiger partial charge in [0.25, 0.3) is 0 Å². The van der Waals surface area contributed by atoms with Gasteiger partial charge in [-0.1, -0.05) is 18.7 Å². The first-order chi connectivity index (χ1) is 8.13. The van der Waals surface area contributed by atoms with Crippen LogP contribution in [0.15, 0.2) is 48.7 Å². The fourth-order valence-corrected chi connectivity index (χ4v) is 2.02. The maximum atomic E-state index is 14.0. The summed E-state index contributed by atoms with van der Waals surface area (Å²) in [5, 5.41) is 0. The highest BCUT2D eigenvalue weighted by molar-refractivity contribution is 5.70. The summed E-state index contributed by atoms with van der Waals surface area (Å²) in [6.07, 6.45) is 5.76. The lowest BCUT2D eigenvalue weighted by atomic mass is 10.0. The van der Waals surface area contributed by atoms with E-state index in [1.807, 2.05) is 49.1 Å². The van der Waals surface area contributed by atoms with E-state index < -0.39 is 0 Å². The van der Waals surface area contributed by atoms with Crippen molar-refractivity contribution in [3.63, 3.8) is 0 Å². The molecule has 0 unspecified atom stereocenters. The predicted molar refractivity (Wildman–Crippen MR) is 69.8 cm³/mol. The molecule has 0 saturated heterocycles. The summed E-state index contributed by atoms with van der Waals surface area (Å²) in [6.45, 7) is 8.66. The largest absolute Gasteiger partial charge is 0.342 e. The molecular weight excluding hydrogens is 213 g/mol. The molecule has 1 aromatic carbocycles. The van der Waals surface area contributed by atoms with Gasteiger partial charge < -0.3 is 4.90 Å². The van der Waals surface area contributed by atoms with Gasteiger partial charge in [-0.2, -0.15) is 0 Å². The number of halogens is 1. The van der Waals surface area contributed by atoms with Crippen LogP contribution in [-0.4, -0.2) is 11.4 Å². The Morgan fingerprint density at radius 1 is 1.35 bits per heavy atom. The summed E-state index contributed by atoms with van der Waals surface area (Å²) < 4.78 is 14.0. The predicted octanol–water partition coefficient (Wildman–Crippen LogP) is 3.88. The van der Waals surface area contributed by atoms with Crippen LogP contribution in [0.25, 0.3) is 5.70 Å². The summed E-state index contributed by atoms with van der Waals surface area (Å²) in [7, 11) is 0. The molecule has 88 valence electrons. The number of allylic oxidation sites excluding steroid dienone is 3.